The van der Waals surface area contributed by atoms with Gasteiger partial charge in [-0.25, -0.2) is 0 Å². The molecule has 0 radical (unpaired) electrons. The summed E-state index contributed by atoms with van der Waals surface area (Å²) in [5.41, 5.74) is 5.11. The first-order valence-corrected chi connectivity index (χ1v) is 4.39. The minimum Gasteiger partial charge on any atom is -1.00 e. The van der Waals surface area contributed by atoms with Crippen LogP contribution in [0.3, 0.4) is 0 Å². The predicted molar refractivity (Wildman–Crippen MR) is 37.1 cm³/mol. The molecule has 0 aliphatic rings. The van der Waals surface area contributed by atoms with Gasteiger partial charge in [-0.3, -0.25) is 4.55 Å². The second-order valence-electron chi connectivity index (χ2n) is 1.74. The Morgan fingerprint density at radius 2 is 2.18 bits per heavy atom. The molecular weight excluding hydrogens is 181 g/mol. The number of hydrogen-bond acceptors (Lipinski definition) is 4. The zero-order valence-corrected chi connectivity index (χ0v) is 9.47. The Balaban J connectivity index is -0.000000405. The standard InChI is InChI=1S/C4H11NO4S.Na.H/c1-2-9-4(5)3-10(6,7)8;;/h4H,2-3,5H2,1H3,(H,6,7,8);;/q;+1;-1. The molecule has 64 valence electrons. The largest absolute Gasteiger partial charge is 1.00 e. The van der Waals surface area contributed by atoms with Crippen LogP contribution in [0.25, 0.3) is 0 Å². The molecule has 0 heterocycles. The maximum atomic E-state index is 10.1. The molecule has 0 aromatic rings. The number of nitrogens with two attached hydrogens (primary N) is 1. The van der Waals surface area contributed by atoms with Crippen LogP contribution in [-0.4, -0.2) is 31.6 Å². The molecule has 5 nitrogen and oxygen atoms in total. The summed E-state index contributed by atoms with van der Waals surface area (Å²) in [6.45, 7) is 2.01. The van der Waals surface area contributed by atoms with Gasteiger partial charge in [0.05, 0.1) is 0 Å². The molecule has 7 heteroatoms. The second kappa shape index (κ2) is 6.36. The third-order valence-corrected chi connectivity index (χ3v) is 1.51. The Kier molecular flexibility index (Phi) is 8.30. The molecule has 0 rings (SSSR count). The first-order chi connectivity index (χ1) is 4.45. The van der Waals surface area contributed by atoms with Crippen LogP contribution < -0.4 is 35.3 Å². The molecule has 0 aliphatic carbocycles. The van der Waals surface area contributed by atoms with Gasteiger partial charge < -0.3 is 11.9 Å². The molecule has 0 aromatic carbocycles. The van der Waals surface area contributed by atoms with Crippen molar-refractivity contribution in [3.63, 3.8) is 0 Å². The van der Waals surface area contributed by atoms with Crippen LogP contribution in [0.2, 0.25) is 0 Å². The van der Waals surface area contributed by atoms with Gasteiger partial charge in [-0.1, -0.05) is 0 Å². The van der Waals surface area contributed by atoms with Gasteiger partial charge in [0.1, 0.15) is 12.0 Å². The predicted octanol–water partition coefficient (Wildman–Crippen LogP) is -3.69. The zero-order valence-electron chi connectivity index (χ0n) is 7.65. The van der Waals surface area contributed by atoms with E-state index in [0.29, 0.717) is 6.61 Å². The van der Waals surface area contributed by atoms with Crippen molar-refractivity contribution in [1.82, 2.24) is 0 Å². The van der Waals surface area contributed by atoms with Crippen LogP contribution in [0, 0.1) is 0 Å². The monoisotopic (exact) mass is 193 g/mol. The van der Waals surface area contributed by atoms with Crippen molar-refractivity contribution in [2.75, 3.05) is 12.4 Å². The van der Waals surface area contributed by atoms with Crippen molar-refractivity contribution in [2.24, 2.45) is 5.73 Å². The van der Waals surface area contributed by atoms with Crippen LogP contribution in [-0.2, 0) is 14.9 Å². The molecular formula is C4H12NNaO4S. The third kappa shape index (κ3) is 10.8. The summed E-state index contributed by atoms with van der Waals surface area (Å²) < 4.78 is 33.1. The number of ether oxygens (including phenoxy) is 1. The fraction of sp³-hybridized carbons (Fsp3) is 1.00. The average Bonchev–Trinajstić information content (AvgIpc) is 1.59. The van der Waals surface area contributed by atoms with E-state index in [1.807, 2.05) is 0 Å². The van der Waals surface area contributed by atoms with Gasteiger partial charge in [0.15, 0.2) is 0 Å². The number of hydrogen-bond donors (Lipinski definition) is 2. The summed E-state index contributed by atoms with van der Waals surface area (Å²) in [7, 11) is -4.00. The molecule has 0 aromatic heterocycles. The molecule has 0 saturated heterocycles. The fourth-order valence-corrected chi connectivity index (χ4v) is 0.981. The van der Waals surface area contributed by atoms with Crippen molar-refractivity contribution in [2.45, 2.75) is 13.2 Å². The van der Waals surface area contributed by atoms with Crippen molar-refractivity contribution in [1.29, 1.82) is 0 Å². The van der Waals surface area contributed by atoms with Gasteiger partial charge in [0.25, 0.3) is 10.1 Å². The Labute approximate surface area is 89.8 Å². The van der Waals surface area contributed by atoms with Crippen molar-refractivity contribution >= 4 is 10.1 Å². The van der Waals surface area contributed by atoms with E-state index in [4.69, 9.17) is 10.3 Å². The van der Waals surface area contributed by atoms with Crippen LogP contribution in [0.15, 0.2) is 0 Å². The first kappa shape index (κ1) is 14.4. The minimum atomic E-state index is -4.00. The summed E-state index contributed by atoms with van der Waals surface area (Å²) in [5.74, 6) is -0.555. The van der Waals surface area contributed by atoms with Crippen molar-refractivity contribution < 1.29 is 48.7 Å². The average molecular weight is 193 g/mol. The summed E-state index contributed by atoms with van der Waals surface area (Å²) in [4.78, 5) is 0. The first-order valence-electron chi connectivity index (χ1n) is 2.78. The van der Waals surface area contributed by atoms with E-state index in [1.54, 1.807) is 6.92 Å². The Morgan fingerprint density at radius 1 is 1.73 bits per heavy atom. The van der Waals surface area contributed by atoms with Gasteiger partial charge in [0.2, 0.25) is 0 Å². The van der Waals surface area contributed by atoms with Gasteiger partial charge in [-0.15, -0.1) is 0 Å². The normalized spacial score (nSPS) is 13.7. The number of rotatable bonds is 4. The van der Waals surface area contributed by atoms with Gasteiger partial charge in [0, 0.05) is 6.61 Å². The van der Waals surface area contributed by atoms with E-state index in [1.165, 1.54) is 0 Å². The minimum absolute atomic E-state index is 0. The fourth-order valence-electron chi connectivity index (χ4n) is 0.470. The van der Waals surface area contributed by atoms with E-state index < -0.39 is 22.1 Å². The molecule has 11 heavy (non-hydrogen) atoms. The topological polar surface area (TPSA) is 89.6 Å². The molecule has 0 amide bonds. The van der Waals surface area contributed by atoms with Gasteiger partial charge in [-0.05, 0) is 6.92 Å². The molecule has 1 unspecified atom stereocenters. The summed E-state index contributed by atoms with van der Waals surface area (Å²) in [6.07, 6.45) is -0.931. The van der Waals surface area contributed by atoms with E-state index in [0.717, 1.165) is 0 Å². The van der Waals surface area contributed by atoms with Crippen molar-refractivity contribution in [3.8, 4) is 0 Å². The summed E-state index contributed by atoms with van der Waals surface area (Å²) >= 11 is 0. The van der Waals surface area contributed by atoms with Crippen LogP contribution >= 0.6 is 0 Å². The second-order valence-corrected chi connectivity index (χ2v) is 3.24. The molecule has 0 bridgehead atoms. The van der Waals surface area contributed by atoms with Crippen LogP contribution in [0.1, 0.15) is 8.35 Å². The smallest absolute Gasteiger partial charge is 1.00 e. The summed E-state index contributed by atoms with van der Waals surface area (Å²) in [5, 5.41) is 0. The summed E-state index contributed by atoms with van der Waals surface area (Å²) in [6, 6.07) is 0. The Hall–Kier alpha value is 0.830. The van der Waals surface area contributed by atoms with Gasteiger partial charge >= 0.3 is 29.6 Å². The van der Waals surface area contributed by atoms with E-state index >= 15 is 0 Å². The molecule has 0 spiro atoms. The molecule has 0 saturated carbocycles. The van der Waals surface area contributed by atoms with E-state index in [9.17, 15) is 8.42 Å². The van der Waals surface area contributed by atoms with E-state index in [-0.39, 0.29) is 31.0 Å². The maximum Gasteiger partial charge on any atom is 1.00 e. The maximum absolute atomic E-state index is 10.1. The van der Waals surface area contributed by atoms with Crippen molar-refractivity contribution in [3.05, 3.63) is 0 Å². The molecule has 0 aliphatic heterocycles. The van der Waals surface area contributed by atoms with Crippen LogP contribution in [0.4, 0.5) is 0 Å². The van der Waals surface area contributed by atoms with Crippen LogP contribution in [0.5, 0.6) is 0 Å². The quantitative estimate of drug-likeness (QED) is 0.272. The van der Waals surface area contributed by atoms with E-state index in [2.05, 4.69) is 4.74 Å². The third-order valence-electron chi connectivity index (χ3n) is 0.756. The SMILES string of the molecule is CCOC(N)CS(=O)(=O)O.[H-].[Na+]. The molecule has 0 fully saturated rings. The van der Waals surface area contributed by atoms with Gasteiger partial charge in [-0.2, -0.15) is 8.42 Å². The Bertz CT molecular complexity index is 185. The zero-order chi connectivity index (χ0) is 8.20. The Morgan fingerprint density at radius 3 is 2.45 bits per heavy atom. The molecule has 1 atom stereocenters. The molecule has 3 N–H and O–H groups in total.